The van der Waals surface area contributed by atoms with Crippen LogP contribution in [0.15, 0.2) is 35.3 Å². The van der Waals surface area contributed by atoms with Crippen molar-refractivity contribution < 1.29 is 4.74 Å². The van der Waals surface area contributed by atoms with Crippen molar-refractivity contribution in [3.63, 3.8) is 0 Å². The molecule has 0 amide bonds. The maximum atomic E-state index is 5.58. The van der Waals surface area contributed by atoms with Crippen molar-refractivity contribution in [1.29, 1.82) is 0 Å². The van der Waals surface area contributed by atoms with Crippen LogP contribution in [0, 0.1) is 0 Å². The zero-order valence-electron chi connectivity index (χ0n) is 9.48. The highest BCUT2D eigenvalue weighted by atomic mass is 16.5. The van der Waals surface area contributed by atoms with Crippen LogP contribution < -0.4 is 10.1 Å². The van der Waals surface area contributed by atoms with Crippen molar-refractivity contribution >= 4 is 5.84 Å². The molecule has 3 nitrogen and oxygen atoms in total. The van der Waals surface area contributed by atoms with E-state index < -0.39 is 0 Å². The number of rotatable bonds is 4. The molecule has 0 spiro atoms. The summed E-state index contributed by atoms with van der Waals surface area (Å²) in [4.78, 5) is 4.42. The smallest absolute Gasteiger partial charge is 0.119 e. The van der Waals surface area contributed by atoms with Gasteiger partial charge in [0, 0.05) is 13.0 Å². The van der Waals surface area contributed by atoms with E-state index in [0.717, 1.165) is 31.1 Å². The molecule has 0 saturated heterocycles. The summed E-state index contributed by atoms with van der Waals surface area (Å²) in [6, 6.07) is 9.89. The van der Waals surface area contributed by atoms with Crippen molar-refractivity contribution in [2.45, 2.75) is 19.3 Å². The van der Waals surface area contributed by atoms with E-state index in [0.29, 0.717) is 6.61 Å². The number of nitrogens with one attached hydrogen (secondary N) is 1. The average molecular weight is 218 g/mol. The van der Waals surface area contributed by atoms with Gasteiger partial charge in [0.25, 0.3) is 0 Å². The Hall–Kier alpha value is -1.51. The van der Waals surface area contributed by atoms with Gasteiger partial charge < -0.3 is 10.1 Å². The lowest BCUT2D eigenvalue weighted by atomic mass is 10.2. The third-order valence-corrected chi connectivity index (χ3v) is 2.57. The molecule has 0 saturated carbocycles. The number of hydrogen-bond acceptors (Lipinski definition) is 3. The van der Waals surface area contributed by atoms with Crippen LogP contribution in [-0.2, 0) is 0 Å². The molecule has 86 valence electrons. The number of nitrogens with zero attached hydrogens (tertiary/aromatic N) is 1. The molecule has 0 bridgehead atoms. The van der Waals surface area contributed by atoms with Crippen LogP contribution in [0.25, 0.3) is 0 Å². The van der Waals surface area contributed by atoms with E-state index in [1.165, 1.54) is 12.8 Å². The molecule has 0 fully saturated rings. The second-order valence-corrected chi connectivity index (χ2v) is 3.87. The predicted octanol–water partition coefficient (Wildman–Crippen LogP) is 2.24. The van der Waals surface area contributed by atoms with Gasteiger partial charge in [-0.1, -0.05) is 18.2 Å². The first-order valence-electron chi connectivity index (χ1n) is 5.90. The van der Waals surface area contributed by atoms with Crippen LogP contribution in [0.5, 0.6) is 5.75 Å². The standard InChI is InChI=1S/C13H18N2O/c1-2-6-12(7-3-1)16-11-10-15-13-8-4-5-9-14-13/h1-3,6-7H,4-5,8-11H2,(H,14,15). The zero-order valence-corrected chi connectivity index (χ0v) is 9.48. The monoisotopic (exact) mass is 218 g/mol. The summed E-state index contributed by atoms with van der Waals surface area (Å²) in [6.45, 7) is 2.48. The molecule has 1 aliphatic heterocycles. The van der Waals surface area contributed by atoms with Crippen molar-refractivity contribution in [1.82, 2.24) is 5.32 Å². The van der Waals surface area contributed by atoms with E-state index >= 15 is 0 Å². The molecule has 0 aromatic heterocycles. The van der Waals surface area contributed by atoms with E-state index in [9.17, 15) is 0 Å². The first kappa shape index (κ1) is 11.0. The molecule has 3 heteroatoms. The van der Waals surface area contributed by atoms with Crippen molar-refractivity contribution in [3.05, 3.63) is 30.3 Å². The SMILES string of the molecule is c1ccc(OCCNC2=NCCCC2)cc1. The Kier molecular flexibility index (Phi) is 4.23. The first-order valence-corrected chi connectivity index (χ1v) is 5.90. The van der Waals surface area contributed by atoms with Gasteiger partial charge in [-0.2, -0.15) is 0 Å². The van der Waals surface area contributed by atoms with Gasteiger partial charge in [0.1, 0.15) is 12.4 Å². The van der Waals surface area contributed by atoms with Crippen LogP contribution in [0.4, 0.5) is 0 Å². The normalized spacial score (nSPS) is 15.4. The molecule has 0 radical (unpaired) electrons. The fourth-order valence-corrected chi connectivity index (χ4v) is 1.72. The van der Waals surface area contributed by atoms with E-state index in [2.05, 4.69) is 10.3 Å². The fourth-order valence-electron chi connectivity index (χ4n) is 1.72. The fraction of sp³-hybridized carbons (Fsp3) is 0.462. The van der Waals surface area contributed by atoms with Crippen LogP contribution >= 0.6 is 0 Å². The predicted molar refractivity (Wildman–Crippen MR) is 66.1 cm³/mol. The average Bonchev–Trinajstić information content (AvgIpc) is 2.37. The van der Waals surface area contributed by atoms with Crippen molar-refractivity contribution in [2.75, 3.05) is 19.7 Å². The molecule has 1 N–H and O–H groups in total. The number of ether oxygens (including phenoxy) is 1. The van der Waals surface area contributed by atoms with Gasteiger partial charge in [-0.05, 0) is 25.0 Å². The Bertz CT molecular complexity index is 335. The first-order chi connectivity index (χ1) is 7.95. The van der Waals surface area contributed by atoms with Gasteiger partial charge in [-0.3, -0.25) is 4.99 Å². The maximum Gasteiger partial charge on any atom is 0.119 e. The van der Waals surface area contributed by atoms with E-state index in [-0.39, 0.29) is 0 Å². The van der Waals surface area contributed by atoms with Crippen molar-refractivity contribution in [3.8, 4) is 5.75 Å². The molecule has 1 aromatic carbocycles. The summed E-state index contributed by atoms with van der Waals surface area (Å²) < 4.78 is 5.58. The molecular formula is C13H18N2O. The summed E-state index contributed by atoms with van der Waals surface area (Å²) in [5, 5.41) is 3.32. The summed E-state index contributed by atoms with van der Waals surface area (Å²) in [5.74, 6) is 2.07. The lowest BCUT2D eigenvalue weighted by Gasteiger charge is -2.14. The Morgan fingerprint density at radius 1 is 1.19 bits per heavy atom. The van der Waals surface area contributed by atoms with Gasteiger partial charge in [0.05, 0.1) is 12.4 Å². The quantitative estimate of drug-likeness (QED) is 0.786. The second-order valence-electron chi connectivity index (χ2n) is 3.87. The highest BCUT2D eigenvalue weighted by Gasteiger charge is 2.03. The molecule has 0 aliphatic carbocycles. The maximum absolute atomic E-state index is 5.58. The lowest BCUT2D eigenvalue weighted by molar-refractivity contribution is 0.322. The molecule has 0 unspecified atom stereocenters. The van der Waals surface area contributed by atoms with Gasteiger partial charge in [0.15, 0.2) is 0 Å². The highest BCUT2D eigenvalue weighted by molar-refractivity contribution is 5.82. The summed E-state index contributed by atoms with van der Waals surface area (Å²) in [5.41, 5.74) is 0. The van der Waals surface area contributed by atoms with Gasteiger partial charge in [-0.15, -0.1) is 0 Å². The third kappa shape index (κ3) is 3.57. The van der Waals surface area contributed by atoms with Crippen LogP contribution in [-0.4, -0.2) is 25.5 Å². The zero-order chi connectivity index (χ0) is 11.1. The highest BCUT2D eigenvalue weighted by Crippen LogP contribution is 2.07. The van der Waals surface area contributed by atoms with Crippen LogP contribution in [0.2, 0.25) is 0 Å². The largest absolute Gasteiger partial charge is 0.492 e. The molecule has 1 aliphatic rings. The minimum atomic E-state index is 0.684. The number of amidine groups is 1. The third-order valence-electron chi connectivity index (χ3n) is 2.57. The van der Waals surface area contributed by atoms with E-state index in [4.69, 9.17) is 4.74 Å². The summed E-state index contributed by atoms with van der Waals surface area (Å²) >= 11 is 0. The number of aliphatic imine (C=N–C) groups is 1. The molecule has 1 aromatic rings. The Morgan fingerprint density at radius 3 is 2.81 bits per heavy atom. The van der Waals surface area contributed by atoms with E-state index in [1.807, 2.05) is 30.3 Å². The topological polar surface area (TPSA) is 33.6 Å². The molecule has 0 atom stereocenters. The van der Waals surface area contributed by atoms with Gasteiger partial charge in [0.2, 0.25) is 0 Å². The Labute approximate surface area is 96.5 Å². The lowest BCUT2D eigenvalue weighted by Crippen LogP contribution is -2.29. The van der Waals surface area contributed by atoms with Gasteiger partial charge in [-0.25, -0.2) is 0 Å². The summed E-state index contributed by atoms with van der Waals surface area (Å²) in [6.07, 6.45) is 3.57. The number of hydrogen-bond donors (Lipinski definition) is 1. The number of para-hydroxylation sites is 1. The summed E-state index contributed by atoms with van der Waals surface area (Å²) in [7, 11) is 0. The molecule has 16 heavy (non-hydrogen) atoms. The van der Waals surface area contributed by atoms with Crippen molar-refractivity contribution in [2.24, 2.45) is 4.99 Å². The van der Waals surface area contributed by atoms with Crippen LogP contribution in [0.3, 0.4) is 0 Å². The second kappa shape index (κ2) is 6.16. The Balaban J connectivity index is 1.63. The van der Waals surface area contributed by atoms with Gasteiger partial charge >= 0.3 is 0 Å². The molecule has 1 heterocycles. The Morgan fingerprint density at radius 2 is 2.06 bits per heavy atom. The van der Waals surface area contributed by atoms with Crippen LogP contribution in [0.1, 0.15) is 19.3 Å². The number of benzene rings is 1. The molecule has 2 rings (SSSR count). The minimum Gasteiger partial charge on any atom is -0.492 e. The molecular weight excluding hydrogens is 200 g/mol. The van der Waals surface area contributed by atoms with E-state index in [1.54, 1.807) is 0 Å². The minimum absolute atomic E-state index is 0.684.